The highest BCUT2D eigenvalue weighted by Crippen LogP contribution is 2.40. The second-order valence-corrected chi connectivity index (χ2v) is 6.04. The molecule has 0 heterocycles. The molecule has 24 heavy (non-hydrogen) atoms. The van der Waals surface area contributed by atoms with E-state index in [1.165, 1.54) is 18.2 Å². The second kappa shape index (κ2) is 7.40. The van der Waals surface area contributed by atoms with Gasteiger partial charge < -0.3 is 9.84 Å². The number of hydrogen-bond acceptors (Lipinski definition) is 3. The van der Waals surface area contributed by atoms with Crippen molar-refractivity contribution in [3.8, 4) is 5.75 Å². The van der Waals surface area contributed by atoms with Gasteiger partial charge in [-0.2, -0.15) is 13.2 Å². The number of carbonyl (C=O) groups excluding carboxylic acids is 1. The number of aryl methyl sites for hydroxylation is 1. The molecule has 0 aromatic heterocycles. The molecule has 0 radical (unpaired) electrons. The summed E-state index contributed by atoms with van der Waals surface area (Å²) in [5, 5.41) is 9.40. The van der Waals surface area contributed by atoms with E-state index in [-0.39, 0.29) is 30.6 Å². The van der Waals surface area contributed by atoms with Crippen LogP contribution in [0.5, 0.6) is 5.75 Å². The van der Waals surface area contributed by atoms with Crippen molar-refractivity contribution in [2.45, 2.75) is 57.5 Å². The van der Waals surface area contributed by atoms with E-state index in [0.717, 1.165) is 0 Å². The van der Waals surface area contributed by atoms with Crippen molar-refractivity contribution >= 4 is 5.97 Å². The number of ether oxygens (including phenoxy) is 1. The van der Waals surface area contributed by atoms with Crippen molar-refractivity contribution in [1.82, 2.24) is 0 Å². The molecule has 0 fully saturated rings. The molecular formula is C17H20F4O3. The van der Waals surface area contributed by atoms with Crippen molar-refractivity contribution in [2.75, 3.05) is 0 Å². The van der Waals surface area contributed by atoms with Gasteiger partial charge in [-0.15, -0.1) is 0 Å². The molecule has 3 nitrogen and oxygen atoms in total. The molecular weight excluding hydrogens is 328 g/mol. The molecule has 1 aliphatic rings. The molecule has 1 aromatic rings. The smallest absolute Gasteiger partial charge is 0.425 e. The van der Waals surface area contributed by atoms with Crippen LogP contribution < -0.4 is 0 Å². The van der Waals surface area contributed by atoms with Crippen LogP contribution in [0.1, 0.15) is 49.9 Å². The summed E-state index contributed by atoms with van der Waals surface area (Å²) in [4.78, 5) is 12.1. The lowest BCUT2D eigenvalue weighted by atomic mass is 9.82. The number of rotatable bonds is 5. The Morgan fingerprint density at radius 3 is 2.75 bits per heavy atom. The number of esters is 1. The van der Waals surface area contributed by atoms with Gasteiger partial charge in [0.05, 0.1) is 5.92 Å². The monoisotopic (exact) mass is 348 g/mol. The molecule has 3 atom stereocenters. The Labute approximate surface area is 137 Å². The SMILES string of the molecule is CCCC[C@@H](OC(=O)C1CCc2cc(O)ccc2C1F)C(F)(F)F. The minimum Gasteiger partial charge on any atom is -0.508 e. The lowest BCUT2D eigenvalue weighted by molar-refractivity contribution is -0.226. The molecule has 0 amide bonds. The van der Waals surface area contributed by atoms with E-state index in [2.05, 4.69) is 4.74 Å². The number of aromatic hydroxyl groups is 1. The van der Waals surface area contributed by atoms with Crippen molar-refractivity contribution in [1.29, 1.82) is 0 Å². The zero-order chi connectivity index (χ0) is 17.9. The first kappa shape index (κ1) is 18.5. The van der Waals surface area contributed by atoms with Gasteiger partial charge in [-0.3, -0.25) is 4.79 Å². The molecule has 1 aromatic carbocycles. The maximum atomic E-state index is 14.6. The van der Waals surface area contributed by atoms with Crippen LogP contribution in [0.15, 0.2) is 18.2 Å². The van der Waals surface area contributed by atoms with Gasteiger partial charge in [0.2, 0.25) is 0 Å². The molecule has 7 heteroatoms. The predicted molar refractivity (Wildman–Crippen MR) is 79.2 cm³/mol. The highest BCUT2D eigenvalue weighted by atomic mass is 19.4. The van der Waals surface area contributed by atoms with Gasteiger partial charge in [0.25, 0.3) is 0 Å². The number of carbonyl (C=O) groups is 1. The first-order valence-corrected chi connectivity index (χ1v) is 7.97. The molecule has 2 rings (SSSR count). The Balaban J connectivity index is 2.10. The standard InChI is InChI=1S/C17H20F4O3/c1-2-3-4-14(17(19,20)21)24-16(23)13-7-5-10-9-11(22)6-8-12(10)15(13)18/h6,8-9,13-15,22H,2-5,7H2,1H3/t13?,14-,15?/m1/s1. The van der Waals surface area contributed by atoms with E-state index in [4.69, 9.17) is 0 Å². The average Bonchev–Trinajstić information content (AvgIpc) is 2.50. The Morgan fingerprint density at radius 1 is 1.42 bits per heavy atom. The highest BCUT2D eigenvalue weighted by molar-refractivity contribution is 5.74. The summed E-state index contributed by atoms with van der Waals surface area (Å²) in [5.41, 5.74) is 0.781. The molecule has 0 saturated carbocycles. The lowest BCUT2D eigenvalue weighted by Crippen LogP contribution is -2.37. The number of hydrogen-bond donors (Lipinski definition) is 1. The number of benzene rings is 1. The van der Waals surface area contributed by atoms with Crippen LogP contribution in [-0.2, 0) is 16.0 Å². The fourth-order valence-corrected chi connectivity index (χ4v) is 2.90. The maximum absolute atomic E-state index is 14.6. The zero-order valence-electron chi connectivity index (χ0n) is 13.3. The molecule has 1 aliphatic carbocycles. The van der Waals surface area contributed by atoms with Gasteiger partial charge in [-0.1, -0.05) is 19.4 Å². The van der Waals surface area contributed by atoms with E-state index >= 15 is 0 Å². The van der Waals surface area contributed by atoms with E-state index in [1.807, 2.05) is 0 Å². The summed E-state index contributed by atoms with van der Waals surface area (Å²) in [6, 6.07) is 4.05. The summed E-state index contributed by atoms with van der Waals surface area (Å²) in [5.74, 6) is -2.42. The molecule has 134 valence electrons. The van der Waals surface area contributed by atoms with Crippen LogP contribution in [0, 0.1) is 5.92 Å². The zero-order valence-corrected chi connectivity index (χ0v) is 13.3. The third-order valence-electron chi connectivity index (χ3n) is 4.25. The van der Waals surface area contributed by atoms with Crippen LogP contribution >= 0.6 is 0 Å². The van der Waals surface area contributed by atoms with Gasteiger partial charge in [-0.05, 0) is 48.9 Å². The Kier molecular flexibility index (Phi) is 5.72. The van der Waals surface area contributed by atoms with Crippen LogP contribution in [0.3, 0.4) is 0 Å². The predicted octanol–water partition coefficient (Wildman–Crippen LogP) is 4.63. The normalized spacial score (nSPS) is 21.9. The summed E-state index contributed by atoms with van der Waals surface area (Å²) in [7, 11) is 0. The molecule has 1 N–H and O–H groups in total. The van der Waals surface area contributed by atoms with E-state index in [0.29, 0.717) is 18.4 Å². The summed E-state index contributed by atoms with van der Waals surface area (Å²) in [6.07, 6.45) is -7.75. The molecule has 0 aliphatic heterocycles. The minimum absolute atomic E-state index is 0.0151. The minimum atomic E-state index is -4.66. The molecule has 0 saturated heterocycles. The first-order valence-electron chi connectivity index (χ1n) is 7.97. The van der Waals surface area contributed by atoms with E-state index in [1.54, 1.807) is 6.92 Å². The number of alkyl halides is 4. The fourth-order valence-electron chi connectivity index (χ4n) is 2.90. The van der Waals surface area contributed by atoms with E-state index in [9.17, 15) is 27.5 Å². The average molecular weight is 348 g/mol. The number of halogens is 4. The van der Waals surface area contributed by atoms with Crippen molar-refractivity contribution in [3.63, 3.8) is 0 Å². The number of phenolic OH excluding ortho intramolecular Hbond substituents is 1. The second-order valence-electron chi connectivity index (χ2n) is 6.04. The van der Waals surface area contributed by atoms with Gasteiger partial charge in [-0.25, -0.2) is 4.39 Å². The molecule has 2 unspecified atom stereocenters. The Hall–Kier alpha value is -1.79. The summed E-state index contributed by atoms with van der Waals surface area (Å²) >= 11 is 0. The number of phenols is 1. The third kappa shape index (κ3) is 4.19. The largest absolute Gasteiger partial charge is 0.508 e. The van der Waals surface area contributed by atoms with Crippen molar-refractivity contribution in [2.24, 2.45) is 5.92 Å². The summed E-state index contributed by atoms with van der Waals surface area (Å²) in [6.45, 7) is 1.74. The molecule has 0 spiro atoms. The topological polar surface area (TPSA) is 46.5 Å². The van der Waals surface area contributed by atoms with Gasteiger partial charge >= 0.3 is 12.1 Å². The van der Waals surface area contributed by atoms with Crippen molar-refractivity contribution < 1.29 is 32.2 Å². The number of fused-ring (bicyclic) bond motifs is 1. The van der Waals surface area contributed by atoms with Crippen molar-refractivity contribution in [3.05, 3.63) is 29.3 Å². The van der Waals surface area contributed by atoms with Crippen LogP contribution in [0.2, 0.25) is 0 Å². The molecule has 0 bridgehead atoms. The van der Waals surface area contributed by atoms with Gasteiger partial charge in [0.15, 0.2) is 6.10 Å². The van der Waals surface area contributed by atoms with Crippen LogP contribution in [0.25, 0.3) is 0 Å². The third-order valence-corrected chi connectivity index (χ3v) is 4.25. The number of unbranched alkanes of at least 4 members (excludes halogenated alkanes) is 1. The highest BCUT2D eigenvalue weighted by Gasteiger charge is 2.45. The lowest BCUT2D eigenvalue weighted by Gasteiger charge is -2.29. The van der Waals surface area contributed by atoms with Crippen LogP contribution in [0.4, 0.5) is 17.6 Å². The Bertz CT molecular complexity index is 586. The van der Waals surface area contributed by atoms with Gasteiger partial charge in [0.1, 0.15) is 11.9 Å². The maximum Gasteiger partial charge on any atom is 0.425 e. The Morgan fingerprint density at radius 2 is 2.12 bits per heavy atom. The fraction of sp³-hybridized carbons (Fsp3) is 0.588. The summed E-state index contributed by atoms with van der Waals surface area (Å²) < 4.78 is 58.0. The quantitative estimate of drug-likeness (QED) is 0.623. The van der Waals surface area contributed by atoms with Crippen LogP contribution in [-0.4, -0.2) is 23.4 Å². The van der Waals surface area contributed by atoms with Gasteiger partial charge in [0, 0.05) is 0 Å². The van der Waals surface area contributed by atoms with E-state index < -0.39 is 30.3 Å². The first-order chi connectivity index (χ1) is 11.2.